The first-order valence-corrected chi connectivity index (χ1v) is 12.2. The Morgan fingerprint density at radius 3 is 2.62 bits per heavy atom. The second-order valence-electron chi connectivity index (χ2n) is 7.32. The Hall–Kier alpha value is -3.48. The van der Waals surface area contributed by atoms with Crippen LogP contribution in [0.25, 0.3) is 0 Å². The molecule has 0 fully saturated rings. The third-order valence-corrected chi connectivity index (χ3v) is 6.07. The SMILES string of the molecule is CCCOc1c(NC2=NCCN2)cccc1C(=O)OC(=O)CC(N)NS(=O)(=O)c1ccccc1. The van der Waals surface area contributed by atoms with Crippen LogP contribution in [0.15, 0.2) is 58.4 Å². The number of guanidine groups is 1. The molecule has 2 aromatic carbocycles. The number of benzene rings is 2. The van der Waals surface area contributed by atoms with Gasteiger partial charge in [-0.25, -0.2) is 13.2 Å². The number of nitrogens with one attached hydrogen (secondary N) is 3. The first-order valence-electron chi connectivity index (χ1n) is 10.7. The number of ether oxygens (including phenoxy) is 2. The molecule has 0 radical (unpaired) electrons. The van der Waals surface area contributed by atoms with Gasteiger partial charge in [0.05, 0.1) is 36.3 Å². The largest absolute Gasteiger partial charge is 0.491 e. The van der Waals surface area contributed by atoms with E-state index in [4.69, 9.17) is 15.2 Å². The number of sulfonamides is 1. The molecule has 0 amide bonds. The zero-order valence-corrected chi connectivity index (χ0v) is 19.4. The Morgan fingerprint density at radius 2 is 1.94 bits per heavy atom. The van der Waals surface area contributed by atoms with Crippen molar-refractivity contribution in [3.63, 3.8) is 0 Å². The van der Waals surface area contributed by atoms with Crippen LogP contribution in [0.2, 0.25) is 0 Å². The van der Waals surface area contributed by atoms with Crippen LogP contribution in [-0.2, 0) is 19.6 Å². The molecular formula is C22H27N5O6S. The third kappa shape index (κ3) is 6.76. The molecule has 1 aliphatic rings. The van der Waals surface area contributed by atoms with Crippen molar-refractivity contribution in [2.75, 3.05) is 25.0 Å². The van der Waals surface area contributed by atoms with Crippen molar-refractivity contribution in [3.8, 4) is 5.75 Å². The van der Waals surface area contributed by atoms with Gasteiger partial charge in [-0.3, -0.25) is 9.79 Å². The van der Waals surface area contributed by atoms with E-state index in [1.807, 2.05) is 6.92 Å². The second-order valence-corrected chi connectivity index (χ2v) is 9.03. The topological polar surface area (TPSA) is 161 Å². The highest BCUT2D eigenvalue weighted by Crippen LogP contribution is 2.30. The quantitative estimate of drug-likeness (QED) is 0.218. The summed E-state index contributed by atoms with van der Waals surface area (Å²) in [5.41, 5.74) is 6.28. The minimum atomic E-state index is -3.93. The van der Waals surface area contributed by atoms with Gasteiger partial charge in [-0.15, -0.1) is 0 Å². The maximum atomic E-state index is 12.7. The summed E-state index contributed by atoms with van der Waals surface area (Å²) in [7, 11) is -3.93. The van der Waals surface area contributed by atoms with Gasteiger partial charge in [-0.05, 0) is 30.7 Å². The number of nitrogens with zero attached hydrogens (tertiary/aromatic N) is 1. The molecule has 0 aromatic heterocycles. The molecule has 0 aliphatic carbocycles. The van der Waals surface area contributed by atoms with Crippen LogP contribution in [0.4, 0.5) is 5.69 Å². The third-order valence-electron chi connectivity index (χ3n) is 4.57. The molecule has 2 aromatic rings. The predicted molar refractivity (Wildman–Crippen MR) is 126 cm³/mol. The number of nitrogens with two attached hydrogens (primary N) is 1. The van der Waals surface area contributed by atoms with Crippen molar-refractivity contribution in [2.45, 2.75) is 30.8 Å². The van der Waals surface area contributed by atoms with Gasteiger partial charge >= 0.3 is 11.9 Å². The fraction of sp³-hybridized carbons (Fsp3) is 0.318. The normalized spacial score (nSPS) is 14.0. The summed E-state index contributed by atoms with van der Waals surface area (Å²) >= 11 is 0. The molecule has 182 valence electrons. The smallest absolute Gasteiger partial charge is 0.349 e. The zero-order valence-electron chi connectivity index (χ0n) is 18.6. The summed E-state index contributed by atoms with van der Waals surface area (Å²) < 4.78 is 37.6. The first-order chi connectivity index (χ1) is 16.3. The number of hydrogen-bond acceptors (Lipinski definition) is 10. The fourth-order valence-corrected chi connectivity index (χ4v) is 4.19. The van der Waals surface area contributed by atoms with Gasteiger partial charge in [-0.2, -0.15) is 4.72 Å². The average molecular weight is 490 g/mol. The number of carbonyl (C=O) groups is 2. The van der Waals surface area contributed by atoms with Crippen LogP contribution in [0, 0.1) is 0 Å². The molecule has 0 saturated carbocycles. The lowest BCUT2D eigenvalue weighted by Crippen LogP contribution is -2.43. The highest BCUT2D eigenvalue weighted by Gasteiger charge is 2.24. The van der Waals surface area contributed by atoms with Crippen LogP contribution in [0.1, 0.15) is 30.1 Å². The molecule has 0 spiro atoms. The lowest BCUT2D eigenvalue weighted by atomic mass is 10.1. The molecule has 1 heterocycles. The van der Waals surface area contributed by atoms with Crippen molar-refractivity contribution in [1.82, 2.24) is 10.0 Å². The van der Waals surface area contributed by atoms with E-state index in [9.17, 15) is 18.0 Å². The molecule has 0 saturated heterocycles. The zero-order chi connectivity index (χ0) is 24.6. The Labute approximate surface area is 197 Å². The van der Waals surface area contributed by atoms with E-state index in [1.54, 1.807) is 30.3 Å². The number of esters is 2. The molecule has 1 atom stereocenters. The number of para-hydroxylation sites is 1. The first kappa shape index (κ1) is 25.1. The predicted octanol–water partition coefficient (Wildman–Crippen LogP) is 1.18. The van der Waals surface area contributed by atoms with Crippen LogP contribution in [0.5, 0.6) is 5.75 Å². The second kappa shape index (κ2) is 11.6. The van der Waals surface area contributed by atoms with Crippen molar-refractivity contribution in [1.29, 1.82) is 0 Å². The van der Waals surface area contributed by atoms with Gasteiger partial charge in [0.1, 0.15) is 5.56 Å². The standard InChI is InChI=1S/C22H27N5O6S/c1-2-13-32-20-16(9-6-10-17(20)26-22-24-11-12-25-22)21(29)33-19(28)14-18(23)27-34(30,31)15-7-4-3-5-8-15/h3-10,18,27H,2,11-14,23H2,1H3,(H2,24,25,26). The lowest BCUT2D eigenvalue weighted by molar-refractivity contribution is -0.138. The van der Waals surface area contributed by atoms with Crippen molar-refractivity contribution in [2.24, 2.45) is 10.7 Å². The maximum Gasteiger partial charge on any atom is 0.349 e. The van der Waals surface area contributed by atoms with Crippen molar-refractivity contribution < 1.29 is 27.5 Å². The van der Waals surface area contributed by atoms with Gasteiger partial charge in [-0.1, -0.05) is 31.2 Å². The monoisotopic (exact) mass is 489 g/mol. The van der Waals surface area contributed by atoms with Crippen LogP contribution in [0.3, 0.4) is 0 Å². The van der Waals surface area contributed by atoms with E-state index in [0.29, 0.717) is 37.8 Å². The van der Waals surface area contributed by atoms with Gasteiger partial charge < -0.3 is 25.8 Å². The Balaban J connectivity index is 1.67. The lowest BCUT2D eigenvalue weighted by Gasteiger charge is -2.17. The van der Waals surface area contributed by atoms with E-state index in [2.05, 4.69) is 20.3 Å². The van der Waals surface area contributed by atoms with Gasteiger partial charge in [0, 0.05) is 6.54 Å². The number of hydrogen-bond donors (Lipinski definition) is 4. The van der Waals surface area contributed by atoms with Gasteiger partial charge in [0.25, 0.3) is 0 Å². The van der Waals surface area contributed by atoms with E-state index >= 15 is 0 Å². The molecule has 0 bridgehead atoms. The summed E-state index contributed by atoms with van der Waals surface area (Å²) in [5.74, 6) is -1.18. The number of aliphatic imine (C=N–C) groups is 1. The molecule has 1 aliphatic heterocycles. The number of rotatable bonds is 10. The van der Waals surface area contributed by atoms with E-state index in [1.165, 1.54) is 18.2 Å². The summed E-state index contributed by atoms with van der Waals surface area (Å²) in [6.07, 6.45) is -1.15. The number of anilines is 1. The summed E-state index contributed by atoms with van der Waals surface area (Å²) in [6.45, 7) is 3.56. The number of carbonyl (C=O) groups excluding carboxylic acids is 2. The average Bonchev–Trinajstić information content (AvgIpc) is 3.31. The van der Waals surface area contributed by atoms with E-state index in [0.717, 1.165) is 0 Å². The van der Waals surface area contributed by atoms with Crippen LogP contribution >= 0.6 is 0 Å². The maximum absolute atomic E-state index is 12.7. The fourth-order valence-electron chi connectivity index (χ4n) is 3.05. The molecule has 3 rings (SSSR count). The molecule has 11 nitrogen and oxygen atoms in total. The molecule has 12 heteroatoms. The Kier molecular flexibility index (Phi) is 8.57. The summed E-state index contributed by atoms with van der Waals surface area (Å²) in [5, 5.41) is 6.13. The Bertz CT molecular complexity index is 1150. The van der Waals surface area contributed by atoms with Crippen molar-refractivity contribution >= 4 is 33.6 Å². The summed E-state index contributed by atoms with van der Waals surface area (Å²) in [4.78, 5) is 29.3. The van der Waals surface area contributed by atoms with Crippen LogP contribution < -0.4 is 25.8 Å². The molecular weight excluding hydrogens is 462 g/mol. The molecule has 1 unspecified atom stereocenters. The van der Waals surface area contributed by atoms with E-state index in [-0.39, 0.29) is 16.2 Å². The van der Waals surface area contributed by atoms with E-state index < -0.39 is 34.5 Å². The van der Waals surface area contributed by atoms with Gasteiger partial charge in [0.15, 0.2) is 11.7 Å². The highest BCUT2D eigenvalue weighted by atomic mass is 32.2. The highest BCUT2D eigenvalue weighted by molar-refractivity contribution is 7.89. The van der Waals surface area contributed by atoms with Crippen LogP contribution in [-0.4, -0.2) is 52.2 Å². The molecule has 34 heavy (non-hydrogen) atoms. The van der Waals surface area contributed by atoms with Crippen molar-refractivity contribution in [3.05, 3.63) is 54.1 Å². The Morgan fingerprint density at radius 1 is 1.18 bits per heavy atom. The molecule has 5 N–H and O–H groups in total. The summed E-state index contributed by atoms with van der Waals surface area (Å²) in [6, 6.07) is 12.4. The van der Waals surface area contributed by atoms with Gasteiger partial charge in [0.2, 0.25) is 10.0 Å². The minimum absolute atomic E-state index is 0.00159. The minimum Gasteiger partial charge on any atom is -0.491 e.